The first-order chi connectivity index (χ1) is 29.9. The Hall–Kier alpha value is -2.95. The van der Waals surface area contributed by atoms with E-state index in [-0.39, 0.29) is 109 Å². The van der Waals surface area contributed by atoms with E-state index in [1.54, 1.807) is 21.3 Å². The molecule has 2 aromatic rings. The number of hydrogen-bond acceptors (Lipinski definition) is 14. The molecule has 1 aromatic carbocycles. The van der Waals surface area contributed by atoms with Gasteiger partial charge in [0.15, 0.2) is 23.9 Å². The molecule has 7 aliphatic rings. The molecule has 9 rings (SSSR count). The number of fused-ring (bicyclic) bond motifs is 9. The topological polar surface area (TPSA) is 140 Å². The zero-order valence-corrected chi connectivity index (χ0v) is 38.1. The van der Waals surface area contributed by atoms with E-state index < -0.39 is 18.3 Å². The minimum absolute atomic E-state index is 0.00918. The minimum Gasteiger partial charge on any atom is -0.462 e. The molecule has 0 radical (unpaired) electrons. The van der Waals surface area contributed by atoms with Gasteiger partial charge < -0.3 is 52.1 Å². The van der Waals surface area contributed by atoms with Crippen molar-refractivity contribution in [1.82, 2.24) is 9.88 Å². The third-order valence-corrected chi connectivity index (χ3v) is 15.9. The second-order valence-electron chi connectivity index (χ2n) is 19.5. The molecule has 3 aliphatic carbocycles. The molecule has 6 fully saturated rings. The van der Waals surface area contributed by atoms with Crippen molar-refractivity contribution in [3.8, 4) is 0 Å². The van der Waals surface area contributed by atoms with E-state index in [2.05, 4.69) is 43.8 Å². The third kappa shape index (κ3) is 8.07. The molecule has 3 unspecified atom stereocenters. The molecular weight excluding hydrogens is 795 g/mol. The Labute approximate surface area is 366 Å². The fourth-order valence-electron chi connectivity index (χ4n) is 12.9. The summed E-state index contributed by atoms with van der Waals surface area (Å²) in [7, 11) is 9.16. The molecule has 4 saturated heterocycles. The Morgan fingerprint density at radius 3 is 2.32 bits per heavy atom. The van der Waals surface area contributed by atoms with Gasteiger partial charge in [-0.05, 0) is 121 Å². The van der Waals surface area contributed by atoms with Crippen LogP contribution in [0.2, 0.25) is 0 Å². The predicted octanol–water partition coefficient (Wildman–Crippen LogP) is 6.33. The number of likely N-dealkylation sites (N-methyl/N-ethyl adjacent to an activating group) is 1. The minimum atomic E-state index is -0.655. The molecule has 0 amide bonds. The largest absolute Gasteiger partial charge is 0.462 e. The number of para-hydroxylation sites is 2. The average molecular weight is 864 g/mol. The molecule has 14 heteroatoms. The second kappa shape index (κ2) is 18.1. The van der Waals surface area contributed by atoms with Crippen LogP contribution in [0.3, 0.4) is 0 Å². The Balaban J connectivity index is 1.04. The number of carbonyl (C=O) groups excluding carboxylic acids is 2. The van der Waals surface area contributed by atoms with Gasteiger partial charge in [0.25, 0.3) is 6.01 Å². The number of esters is 1. The van der Waals surface area contributed by atoms with Crippen molar-refractivity contribution in [2.24, 2.45) is 35.5 Å². The van der Waals surface area contributed by atoms with Crippen molar-refractivity contribution in [2.45, 2.75) is 165 Å². The lowest BCUT2D eigenvalue weighted by Gasteiger charge is -2.44. The number of carbonyl (C=O) groups is 2. The Kier molecular flexibility index (Phi) is 13.0. The number of rotatable bonds is 10. The Morgan fingerprint density at radius 1 is 0.855 bits per heavy atom. The van der Waals surface area contributed by atoms with Crippen molar-refractivity contribution in [2.75, 3.05) is 40.3 Å². The summed E-state index contributed by atoms with van der Waals surface area (Å²) in [4.78, 5) is 38.8. The van der Waals surface area contributed by atoms with Crippen LogP contribution in [0.1, 0.15) is 85.5 Å². The smallest absolute Gasteiger partial charge is 0.306 e. The summed E-state index contributed by atoms with van der Waals surface area (Å²) in [6.45, 7) is 8.18. The quantitative estimate of drug-likeness (QED) is 0.194. The average Bonchev–Trinajstić information content (AvgIpc) is 3.50. The number of allylic oxidation sites excluding steroid dienone is 2. The van der Waals surface area contributed by atoms with Crippen molar-refractivity contribution < 1.29 is 51.9 Å². The third-order valence-electron chi connectivity index (χ3n) is 15.9. The van der Waals surface area contributed by atoms with Gasteiger partial charge >= 0.3 is 5.97 Å². The molecule has 62 heavy (non-hydrogen) atoms. The molecule has 0 bridgehead atoms. The number of ether oxygens (including phenoxy) is 8. The number of anilines is 1. The predicted molar refractivity (Wildman–Crippen MR) is 229 cm³/mol. The number of methoxy groups -OCH3 is 3. The number of ketones is 1. The number of oxazole rings is 1. The molecular formula is C48H69N3O11. The van der Waals surface area contributed by atoms with Crippen LogP contribution in [-0.4, -0.2) is 137 Å². The summed E-state index contributed by atoms with van der Waals surface area (Å²) in [5, 5.41) is 0. The summed E-state index contributed by atoms with van der Waals surface area (Å²) >= 11 is 0. The van der Waals surface area contributed by atoms with Gasteiger partial charge in [-0.25, -0.2) is 0 Å². The highest BCUT2D eigenvalue weighted by molar-refractivity contribution is 5.99. The van der Waals surface area contributed by atoms with Crippen LogP contribution in [0.5, 0.6) is 0 Å². The summed E-state index contributed by atoms with van der Waals surface area (Å²) in [6, 6.07) is 8.87. The summed E-state index contributed by atoms with van der Waals surface area (Å²) in [5.74, 6) is -0.531. The molecule has 2 saturated carbocycles. The number of aromatic nitrogens is 1. The standard InChI is InChI=1S/C48H69N3O11/c1-10-27-14-13-17-36(61-39-19-18-35(50(5)6)25(3)57-39)24(2)43(53)33-22-30-29-20-28(60-47-46(56-9)45(55-8)44(54-7)26(4)58-47)21-32(29)41-42(40(30)31(33)23-38(52)59-27)51(41)48-49-34-15-11-12-16-37(34)62-48/h11-12,15-16,22,24-32,35-36,39-42,44-47H,10,13-14,17-21,23H2,1-9H3/t24-,25?,26?,27+,28+,29+,30+,31-,32-,35+,36+,39+,40-,41+,42-,44+,45?,46+,47+,51?/m1/s1. The van der Waals surface area contributed by atoms with Gasteiger partial charge in [0.05, 0.1) is 42.9 Å². The van der Waals surface area contributed by atoms with Crippen LogP contribution in [-0.2, 0) is 47.5 Å². The van der Waals surface area contributed by atoms with E-state index in [0.29, 0.717) is 18.5 Å². The lowest BCUT2D eigenvalue weighted by molar-refractivity contribution is -0.314. The van der Waals surface area contributed by atoms with Crippen LogP contribution >= 0.6 is 0 Å². The fraction of sp³-hybridized carbons (Fsp3) is 0.771. The van der Waals surface area contributed by atoms with Crippen LogP contribution in [0.25, 0.3) is 11.1 Å². The van der Waals surface area contributed by atoms with E-state index in [1.807, 2.05) is 38.1 Å². The zero-order valence-electron chi connectivity index (χ0n) is 38.1. The van der Waals surface area contributed by atoms with Crippen molar-refractivity contribution in [3.05, 3.63) is 35.9 Å². The Bertz CT molecular complexity index is 1910. The summed E-state index contributed by atoms with van der Waals surface area (Å²) < 4.78 is 57.1. The van der Waals surface area contributed by atoms with E-state index >= 15 is 4.79 Å². The van der Waals surface area contributed by atoms with Crippen molar-refractivity contribution in [3.63, 3.8) is 0 Å². The first-order valence-electron chi connectivity index (χ1n) is 23.4. The van der Waals surface area contributed by atoms with Gasteiger partial charge in [0, 0.05) is 39.2 Å². The van der Waals surface area contributed by atoms with Gasteiger partial charge in [-0.2, -0.15) is 4.98 Å². The summed E-state index contributed by atoms with van der Waals surface area (Å²) in [5.41, 5.74) is 2.28. The first-order valence-corrected chi connectivity index (χ1v) is 23.4. The molecule has 0 N–H and O–H groups in total. The molecule has 342 valence electrons. The lowest BCUT2D eigenvalue weighted by atomic mass is 9.66. The van der Waals surface area contributed by atoms with E-state index in [4.69, 9.17) is 47.3 Å². The van der Waals surface area contributed by atoms with Gasteiger partial charge in [0.2, 0.25) is 0 Å². The van der Waals surface area contributed by atoms with Crippen LogP contribution in [0.4, 0.5) is 6.01 Å². The molecule has 4 aliphatic heterocycles. The van der Waals surface area contributed by atoms with Gasteiger partial charge in [-0.15, -0.1) is 0 Å². The fourth-order valence-corrected chi connectivity index (χ4v) is 12.9. The zero-order chi connectivity index (χ0) is 43.6. The normalized spacial score (nSPS) is 43.5. The second-order valence-corrected chi connectivity index (χ2v) is 19.5. The highest BCUT2D eigenvalue weighted by Gasteiger charge is 2.70. The molecule has 5 heterocycles. The highest BCUT2D eigenvalue weighted by Crippen LogP contribution is 2.65. The first kappa shape index (κ1) is 44.3. The SMILES string of the molecule is CC[C@H]1CCC[C@H](O[C@H]2CC[C@H](N(C)C)C(C)O2)[C@@H](C)C(=O)C2=C[C@H]3[C@@H]4C[C@H](O[C@@H]5OC(C)[C@H](OC)C(OC)[C@@H]5OC)C[C@H]4[C@H]4[C@@H]([C@H]3[C@@H]2CC(=O)O1)N4c1nc2ccccc2o1. The van der Waals surface area contributed by atoms with Gasteiger partial charge in [-0.1, -0.05) is 32.1 Å². The number of nitrogens with zero attached hydrogens (tertiary/aromatic N) is 3. The molecule has 19 atom stereocenters. The summed E-state index contributed by atoms with van der Waals surface area (Å²) in [6.07, 6.45) is 5.45. The maximum absolute atomic E-state index is 15.2. The van der Waals surface area contributed by atoms with Crippen LogP contribution in [0, 0.1) is 35.5 Å². The monoisotopic (exact) mass is 863 g/mol. The van der Waals surface area contributed by atoms with Crippen molar-refractivity contribution >= 4 is 28.9 Å². The van der Waals surface area contributed by atoms with E-state index in [0.717, 1.165) is 61.6 Å². The number of cyclic esters (lactones) is 1. The van der Waals surface area contributed by atoms with Crippen LogP contribution < -0.4 is 4.90 Å². The van der Waals surface area contributed by atoms with E-state index in [1.165, 1.54) is 0 Å². The van der Waals surface area contributed by atoms with Gasteiger partial charge in [-0.3, -0.25) is 9.59 Å². The number of hydrogen-bond donors (Lipinski definition) is 0. The molecule has 14 nitrogen and oxygen atoms in total. The maximum Gasteiger partial charge on any atom is 0.306 e. The van der Waals surface area contributed by atoms with Crippen molar-refractivity contribution in [1.29, 1.82) is 0 Å². The highest BCUT2D eigenvalue weighted by atomic mass is 16.7. The van der Waals surface area contributed by atoms with E-state index in [9.17, 15) is 4.79 Å². The number of Topliss-reactive ketones (excluding diaryl/α,β-unsaturated/α-hetero) is 1. The molecule has 0 spiro atoms. The van der Waals surface area contributed by atoms with Gasteiger partial charge in [0.1, 0.15) is 29.9 Å². The lowest BCUT2D eigenvalue weighted by Crippen LogP contribution is -2.59. The molecule has 1 aromatic heterocycles. The Morgan fingerprint density at radius 2 is 1.61 bits per heavy atom. The maximum atomic E-state index is 15.2. The number of benzene rings is 1. The van der Waals surface area contributed by atoms with Crippen LogP contribution in [0.15, 0.2) is 40.3 Å².